The summed E-state index contributed by atoms with van der Waals surface area (Å²) in [6.45, 7) is 12.8. The van der Waals surface area contributed by atoms with Crippen molar-refractivity contribution in [1.82, 2.24) is 0 Å². The molecular formula is C31H41NO9. The number of ether oxygens (including phenoxy) is 4. The smallest absolute Gasteiger partial charge is 0.480 e. The third-order valence-corrected chi connectivity index (χ3v) is 5.64. The minimum absolute atomic E-state index is 0.0255. The van der Waals surface area contributed by atoms with Crippen LogP contribution >= 0.6 is 0 Å². The lowest BCUT2D eigenvalue weighted by atomic mass is 9.86. The Morgan fingerprint density at radius 3 is 1.85 bits per heavy atom. The van der Waals surface area contributed by atoms with Crippen LogP contribution in [-0.2, 0) is 25.5 Å². The maximum absolute atomic E-state index is 12.6. The molecule has 0 fully saturated rings. The Hall–Kier alpha value is -3.92. The van der Waals surface area contributed by atoms with Crippen LogP contribution in [-0.4, -0.2) is 40.8 Å². The third-order valence-electron chi connectivity index (χ3n) is 5.64. The molecule has 0 heterocycles. The first-order valence-electron chi connectivity index (χ1n) is 13.4. The molecule has 2 aromatic carbocycles. The zero-order valence-corrected chi connectivity index (χ0v) is 24.8. The Bertz CT molecular complexity index is 1230. The second-order valence-electron chi connectivity index (χ2n) is 12.6. The van der Waals surface area contributed by atoms with E-state index in [0.29, 0.717) is 5.56 Å². The van der Waals surface area contributed by atoms with Crippen molar-refractivity contribution in [3.63, 3.8) is 0 Å². The van der Waals surface area contributed by atoms with Crippen LogP contribution in [0.15, 0.2) is 48.5 Å². The van der Waals surface area contributed by atoms with E-state index in [1.165, 1.54) is 19.1 Å². The minimum Gasteiger partial charge on any atom is -0.480 e. The van der Waals surface area contributed by atoms with E-state index in [1.807, 2.05) is 41.5 Å². The first-order valence-corrected chi connectivity index (χ1v) is 13.4. The Morgan fingerprint density at radius 2 is 1.34 bits per heavy atom. The Kier molecular flexibility index (Phi) is 11.1. The maximum atomic E-state index is 12.6. The van der Waals surface area contributed by atoms with Crippen LogP contribution in [0.2, 0.25) is 0 Å². The van der Waals surface area contributed by atoms with E-state index in [-0.39, 0.29) is 53.8 Å². The highest BCUT2D eigenvalue weighted by Crippen LogP contribution is 2.33. The molecule has 2 rings (SSSR count). The zero-order valence-electron chi connectivity index (χ0n) is 24.8. The highest BCUT2D eigenvalue weighted by Gasteiger charge is 2.37. The second kappa shape index (κ2) is 13.6. The molecule has 0 saturated carbocycles. The van der Waals surface area contributed by atoms with Crippen molar-refractivity contribution in [2.24, 2.45) is 16.6 Å². The Balaban J connectivity index is 2.25. The van der Waals surface area contributed by atoms with E-state index in [9.17, 15) is 24.3 Å². The van der Waals surface area contributed by atoms with Crippen LogP contribution in [0, 0.1) is 10.8 Å². The molecular weight excluding hydrogens is 530 g/mol. The van der Waals surface area contributed by atoms with Crippen molar-refractivity contribution in [1.29, 1.82) is 0 Å². The summed E-state index contributed by atoms with van der Waals surface area (Å²) >= 11 is 0. The van der Waals surface area contributed by atoms with E-state index < -0.39 is 35.7 Å². The molecule has 0 amide bonds. The van der Waals surface area contributed by atoms with Crippen molar-refractivity contribution in [2.45, 2.75) is 85.8 Å². The fourth-order valence-electron chi connectivity index (χ4n) is 3.94. The lowest BCUT2D eigenvalue weighted by Gasteiger charge is -2.28. The molecule has 0 aliphatic carbocycles. The van der Waals surface area contributed by atoms with E-state index in [2.05, 4.69) is 0 Å². The summed E-state index contributed by atoms with van der Waals surface area (Å²) < 4.78 is 21.4. The Morgan fingerprint density at radius 1 is 0.805 bits per heavy atom. The van der Waals surface area contributed by atoms with Gasteiger partial charge in [-0.2, -0.15) is 0 Å². The lowest BCUT2D eigenvalue weighted by Crippen LogP contribution is -2.52. The maximum Gasteiger partial charge on any atom is 0.514 e. The number of carbonyl (C=O) groups excluding carboxylic acids is 3. The van der Waals surface area contributed by atoms with Crippen molar-refractivity contribution in [2.75, 3.05) is 0 Å². The summed E-state index contributed by atoms with van der Waals surface area (Å²) in [6.07, 6.45) is -2.13. The molecule has 0 aromatic heterocycles. The van der Waals surface area contributed by atoms with Crippen LogP contribution in [0.4, 0.5) is 4.79 Å². The van der Waals surface area contributed by atoms with Gasteiger partial charge in [-0.05, 0) is 47.6 Å². The molecule has 0 radical (unpaired) electrons. The van der Waals surface area contributed by atoms with Crippen molar-refractivity contribution in [3.8, 4) is 17.2 Å². The van der Waals surface area contributed by atoms with Gasteiger partial charge in [-0.15, -0.1) is 0 Å². The van der Waals surface area contributed by atoms with Crippen molar-refractivity contribution in [3.05, 3.63) is 54.1 Å². The molecule has 2 aromatic rings. The number of hydrogen-bond acceptors (Lipinski definition) is 9. The normalized spacial score (nSPS) is 13.9. The summed E-state index contributed by atoms with van der Waals surface area (Å²) in [5, 5.41) is 9.98. The van der Waals surface area contributed by atoms with Crippen LogP contribution in [0.1, 0.15) is 73.3 Å². The van der Waals surface area contributed by atoms with Gasteiger partial charge in [0.25, 0.3) is 0 Å². The molecule has 2 atom stereocenters. The molecule has 41 heavy (non-hydrogen) atoms. The SMILES string of the molecule is C[C@@H](CC(N)(Cc1ccc(OC(=O)CC(C)(C)C)c(OC(=O)CC(C)(C)C)c1)C(=O)O)OC(=O)Oc1ccccc1. The van der Waals surface area contributed by atoms with Crippen LogP contribution in [0.5, 0.6) is 17.2 Å². The topological polar surface area (TPSA) is 151 Å². The highest BCUT2D eigenvalue weighted by molar-refractivity contribution is 5.80. The number of carboxylic acid groups (broad SMARTS) is 1. The fourth-order valence-corrected chi connectivity index (χ4v) is 3.94. The number of esters is 2. The van der Waals surface area contributed by atoms with Gasteiger partial charge in [-0.3, -0.25) is 14.4 Å². The first-order chi connectivity index (χ1) is 18.8. The van der Waals surface area contributed by atoms with E-state index >= 15 is 0 Å². The van der Waals surface area contributed by atoms with Crippen molar-refractivity contribution >= 4 is 24.1 Å². The molecule has 10 nitrogen and oxygen atoms in total. The molecule has 10 heteroatoms. The number of benzene rings is 2. The monoisotopic (exact) mass is 571 g/mol. The third kappa shape index (κ3) is 12.0. The van der Waals surface area contributed by atoms with Crippen LogP contribution in [0.3, 0.4) is 0 Å². The van der Waals surface area contributed by atoms with E-state index in [1.54, 1.807) is 36.4 Å². The first kappa shape index (κ1) is 33.3. The molecule has 0 spiro atoms. The van der Waals surface area contributed by atoms with Gasteiger partial charge < -0.3 is 29.8 Å². The van der Waals surface area contributed by atoms with Gasteiger partial charge in [0.1, 0.15) is 17.4 Å². The predicted molar refractivity (Wildman–Crippen MR) is 152 cm³/mol. The number of rotatable bonds is 11. The number of aliphatic carboxylic acids is 1. The fraction of sp³-hybridized carbons (Fsp3) is 0.484. The zero-order chi connectivity index (χ0) is 31.0. The molecule has 0 bridgehead atoms. The summed E-state index contributed by atoms with van der Waals surface area (Å²) in [5.74, 6) is -2.09. The van der Waals surface area contributed by atoms with Gasteiger partial charge in [-0.1, -0.05) is 65.8 Å². The average molecular weight is 572 g/mol. The molecule has 224 valence electrons. The molecule has 0 aliphatic heterocycles. The van der Waals surface area contributed by atoms with Crippen LogP contribution < -0.4 is 19.9 Å². The summed E-state index contributed by atoms with van der Waals surface area (Å²) in [5.41, 5.74) is 4.17. The molecule has 1 unspecified atom stereocenters. The largest absolute Gasteiger partial charge is 0.514 e. The van der Waals surface area contributed by atoms with E-state index in [4.69, 9.17) is 24.7 Å². The number of carbonyl (C=O) groups is 4. The molecule has 0 saturated heterocycles. The van der Waals surface area contributed by atoms with Gasteiger partial charge in [0.15, 0.2) is 11.5 Å². The molecule has 0 aliphatic rings. The number of para-hydroxylation sites is 1. The van der Waals surface area contributed by atoms with Crippen LogP contribution in [0.25, 0.3) is 0 Å². The van der Waals surface area contributed by atoms with Gasteiger partial charge in [0, 0.05) is 12.8 Å². The summed E-state index contributed by atoms with van der Waals surface area (Å²) in [6, 6.07) is 12.7. The van der Waals surface area contributed by atoms with Crippen molar-refractivity contribution < 1.29 is 43.2 Å². The minimum atomic E-state index is -1.86. The number of carboxylic acids is 1. The summed E-state index contributed by atoms with van der Waals surface area (Å²) in [7, 11) is 0. The number of hydrogen-bond donors (Lipinski definition) is 2. The summed E-state index contributed by atoms with van der Waals surface area (Å²) in [4.78, 5) is 49.6. The predicted octanol–water partition coefficient (Wildman–Crippen LogP) is 5.69. The van der Waals surface area contributed by atoms with Gasteiger partial charge in [0.05, 0.1) is 12.8 Å². The van der Waals surface area contributed by atoms with E-state index in [0.717, 1.165) is 0 Å². The highest BCUT2D eigenvalue weighted by atomic mass is 16.7. The Labute approximate surface area is 241 Å². The number of nitrogens with two attached hydrogens (primary N) is 1. The standard InChI is InChI=1S/C31H41NO9/c1-20(38-28(37)39-22-11-9-8-10-12-22)16-31(32,27(35)36)17-21-13-14-23(40-25(33)18-29(2,3)4)24(15-21)41-26(34)19-30(5,6)7/h8-15,20H,16-19,32H2,1-7H3,(H,35,36)/t20-,31?/m0/s1. The second-order valence-corrected chi connectivity index (χ2v) is 12.6. The average Bonchev–Trinajstić information content (AvgIpc) is 2.78. The quantitative estimate of drug-likeness (QED) is 0.195. The lowest BCUT2D eigenvalue weighted by molar-refractivity contribution is -0.144. The van der Waals surface area contributed by atoms with Gasteiger partial charge in [0.2, 0.25) is 0 Å². The van der Waals surface area contributed by atoms with Gasteiger partial charge in [-0.25, -0.2) is 4.79 Å². The van der Waals surface area contributed by atoms with Gasteiger partial charge >= 0.3 is 24.1 Å². The molecule has 3 N–H and O–H groups in total.